The Hall–Kier alpha value is -3.49. The standard InChI is InChI=1S/C27H24ClN5O2S/c28-21-11-12-24-23(18-21)25(32-15-13-20(14-16-32)17-19-7-3-1-4-8-19)29-26-27(30-31-33(24)26)36(34,35)22-9-5-2-6-10-22/h1-12,18,20H,13-17H2. The molecule has 9 heteroatoms. The van der Waals surface area contributed by atoms with Crippen LogP contribution in [0.3, 0.4) is 0 Å². The lowest BCUT2D eigenvalue weighted by Gasteiger charge is -2.33. The molecule has 0 aliphatic carbocycles. The van der Waals surface area contributed by atoms with Crippen LogP contribution in [0.25, 0.3) is 16.6 Å². The molecule has 3 aromatic carbocycles. The molecule has 0 amide bonds. The lowest BCUT2D eigenvalue weighted by Crippen LogP contribution is -2.35. The van der Waals surface area contributed by atoms with Gasteiger partial charge in [-0.1, -0.05) is 65.3 Å². The molecule has 0 bridgehead atoms. The van der Waals surface area contributed by atoms with Crippen molar-refractivity contribution in [3.8, 4) is 0 Å². The third-order valence-electron chi connectivity index (χ3n) is 6.85. The van der Waals surface area contributed by atoms with E-state index in [-0.39, 0.29) is 15.6 Å². The predicted molar refractivity (Wildman–Crippen MR) is 140 cm³/mol. The molecule has 0 unspecified atom stereocenters. The van der Waals surface area contributed by atoms with Crippen LogP contribution in [-0.4, -0.2) is 41.3 Å². The lowest BCUT2D eigenvalue weighted by atomic mass is 9.90. The van der Waals surface area contributed by atoms with Gasteiger partial charge in [0.05, 0.1) is 10.4 Å². The van der Waals surface area contributed by atoms with E-state index in [1.807, 2.05) is 18.2 Å². The summed E-state index contributed by atoms with van der Waals surface area (Å²) in [5.41, 5.74) is 2.29. The number of aromatic nitrogens is 4. The molecule has 0 spiro atoms. The van der Waals surface area contributed by atoms with Gasteiger partial charge in [-0.15, -0.1) is 5.10 Å². The fraction of sp³-hybridized carbons (Fsp3) is 0.222. The highest BCUT2D eigenvalue weighted by atomic mass is 35.5. The SMILES string of the molecule is O=S(=O)(c1ccccc1)c1nnn2c1nc(N1CCC(Cc3ccccc3)CC1)c1cc(Cl)ccc12. The lowest BCUT2D eigenvalue weighted by molar-refractivity contribution is 0.403. The Bertz CT molecular complexity index is 1650. The van der Waals surface area contributed by atoms with Crippen LogP contribution in [0.1, 0.15) is 18.4 Å². The van der Waals surface area contributed by atoms with E-state index < -0.39 is 9.84 Å². The van der Waals surface area contributed by atoms with Crippen LogP contribution in [0.5, 0.6) is 0 Å². The zero-order chi connectivity index (χ0) is 24.7. The Morgan fingerprint density at radius 2 is 1.61 bits per heavy atom. The second kappa shape index (κ2) is 9.19. The van der Waals surface area contributed by atoms with Crippen LogP contribution in [0.15, 0.2) is 88.8 Å². The molecule has 182 valence electrons. The van der Waals surface area contributed by atoms with E-state index in [0.717, 1.165) is 37.7 Å². The number of anilines is 1. The maximum Gasteiger partial charge on any atom is 0.229 e. The van der Waals surface area contributed by atoms with E-state index in [2.05, 4.69) is 39.5 Å². The van der Waals surface area contributed by atoms with Crippen LogP contribution in [0.4, 0.5) is 5.82 Å². The number of piperidine rings is 1. The van der Waals surface area contributed by atoms with Gasteiger partial charge in [-0.3, -0.25) is 0 Å². The van der Waals surface area contributed by atoms with Gasteiger partial charge < -0.3 is 4.90 Å². The minimum absolute atomic E-state index is 0.147. The van der Waals surface area contributed by atoms with Crippen LogP contribution in [0.2, 0.25) is 5.02 Å². The Morgan fingerprint density at radius 3 is 2.33 bits per heavy atom. The van der Waals surface area contributed by atoms with Gasteiger partial charge >= 0.3 is 0 Å². The van der Waals surface area contributed by atoms with E-state index in [1.165, 1.54) is 10.1 Å². The van der Waals surface area contributed by atoms with Gasteiger partial charge in [-0.2, -0.15) is 4.52 Å². The van der Waals surface area contributed by atoms with E-state index >= 15 is 0 Å². The third kappa shape index (κ3) is 4.10. The van der Waals surface area contributed by atoms with Crippen molar-refractivity contribution < 1.29 is 8.42 Å². The number of fused-ring (bicyclic) bond motifs is 3. The fourth-order valence-corrected chi connectivity index (χ4v) is 6.40. The van der Waals surface area contributed by atoms with E-state index in [4.69, 9.17) is 16.6 Å². The van der Waals surface area contributed by atoms with Gasteiger partial charge in [-0.05, 0) is 61.1 Å². The van der Waals surface area contributed by atoms with Crippen molar-refractivity contribution in [3.05, 3.63) is 89.4 Å². The van der Waals surface area contributed by atoms with Gasteiger partial charge in [0.25, 0.3) is 0 Å². The van der Waals surface area contributed by atoms with Crippen molar-refractivity contribution in [2.24, 2.45) is 5.92 Å². The Kier molecular flexibility index (Phi) is 5.85. The molecular weight excluding hydrogens is 494 g/mol. The molecular formula is C27H24ClN5O2S. The number of sulfone groups is 1. The van der Waals surface area contributed by atoms with Crippen molar-refractivity contribution in [1.82, 2.24) is 19.8 Å². The van der Waals surface area contributed by atoms with Crippen molar-refractivity contribution >= 4 is 43.8 Å². The number of rotatable bonds is 5. The molecule has 1 aliphatic heterocycles. The highest BCUT2D eigenvalue weighted by Crippen LogP contribution is 2.34. The van der Waals surface area contributed by atoms with Crippen molar-refractivity contribution in [2.75, 3.05) is 18.0 Å². The quantitative estimate of drug-likeness (QED) is 0.318. The van der Waals surface area contributed by atoms with Crippen molar-refractivity contribution in [1.29, 1.82) is 0 Å². The summed E-state index contributed by atoms with van der Waals surface area (Å²) >= 11 is 6.36. The average Bonchev–Trinajstić information content (AvgIpc) is 3.35. The van der Waals surface area contributed by atoms with Gasteiger partial charge in [0, 0.05) is 23.5 Å². The van der Waals surface area contributed by atoms with E-state index in [0.29, 0.717) is 22.3 Å². The van der Waals surface area contributed by atoms with E-state index in [9.17, 15) is 8.42 Å². The van der Waals surface area contributed by atoms with Crippen LogP contribution in [0, 0.1) is 5.92 Å². The number of hydrogen-bond acceptors (Lipinski definition) is 6. The normalized spacial score (nSPS) is 15.1. The summed E-state index contributed by atoms with van der Waals surface area (Å²) in [5.74, 6) is 1.30. The summed E-state index contributed by atoms with van der Waals surface area (Å²) in [7, 11) is -3.89. The topological polar surface area (TPSA) is 80.5 Å². The molecule has 6 rings (SSSR count). The predicted octanol–water partition coefficient (Wildman–Crippen LogP) is 5.22. The zero-order valence-electron chi connectivity index (χ0n) is 19.5. The maximum atomic E-state index is 13.4. The largest absolute Gasteiger partial charge is 0.356 e. The first kappa shape index (κ1) is 22.9. The highest BCUT2D eigenvalue weighted by molar-refractivity contribution is 7.91. The van der Waals surface area contributed by atoms with Crippen molar-refractivity contribution in [3.63, 3.8) is 0 Å². The molecule has 2 aromatic heterocycles. The summed E-state index contributed by atoms with van der Waals surface area (Å²) in [6, 6.07) is 24.3. The maximum absolute atomic E-state index is 13.4. The van der Waals surface area contributed by atoms with Crippen LogP contribution in [-0.2, 0) is 16.3 Å². The average molecular weight is 518 g/mol. The molecule has 5 aromatic rings. The summed E-state index contributed by atoms with van der Waals surface area (Å²) < 4.78 is 28.3. The van der Waals surface area contributed by atoms with Crippen molar-refractivity contribution in [2.45, 2.75) is 29.2 Å². The molecule has 7 nitrogen and oxygen atoms in total. The molecule has 0 radical (unpaired) electrons. The summed E-state index contributed by atoms with van der Waals surface area (Å²) in [6.45, 7) is 1.65. The summed E-state index contributed by atoms with van der Waals surface area (Å²) in [4.78, 5) is 7.24. The van der Waals surface area contributed by atoms with Crippen LogP contribution >= 0.6 is 11.6 Å². The molecule has 0 saturated carbocycles. The van der Waals surface area contributed by atoms with Gasteiger partial charge in [0.15, 0.2) is 5.65 Å². The number of benzene rings is 3. The van der Waals surface area contributed by atoms with Gasteiger partial charge in [0.2, 0.25) is 14.9 Å². The molecule has 3 heterocycles. The third-order valence-corrected chi connectivity index (χ3v) is 8.75. The van der Waals surface area contributed by atoms with E-state index in [1.54, 1.807) is 36.4 Å². The smallest absolute Gasteiger partial charge is 0.229 e. The van der Waals surface area contributed by atoms with Gasteiger partial charge in [-0.25, -0.2) is 13.4 Å². The first-order chi connectivity index (χ1) is 17.5. The summed E-state index contributed by atoms with van der Waals surface area (Å²) in [5, 5.41) is 9.51. The monoisotopic (exact) mass is 517 g/mol. The minimum Gasteiger partial charge on any atom is -0.356 e. The first-order valence-corrected chi connectivity index (χ1v) is 13.8. The highest BCUT2D eigenvalue weighted by Gasteiger charge is 2.29. The Labute approximate surface area is 214 Å². The minimum atomic E-state index is -3.89. The number of halogens is 1. The first-order valence-electron chi connectivity index (χ1n) is 11.9. The van der Waals surface area contributed by atoms with Crippen LogP contribution < -0.4 is 4.90 Å². The Morgan fingerprint density at radius 1 is 0.917 bits per heavy atom. The molecule has 1 fully saturated rings. The molecule has 1 aliphatic rings. The van der Waals surface area contributed by atoms with Gasteiger partial charge in [0.1, 0.15) is 5.82 Å². The fourth-order valence-electron chi connectivity index (χ4n) is 4.98. The zero-order valence-corrected chi connectivity index (χ0v) is 21.0. The molecule has 1 saturated heterocycles. The second-order valence-electron chi connectivity index (χ2n) is 9.16. The summed E-state index contributed by atoms with van der Waals surface area (Å²) in [6.07, 6.45) is 3.10. The molecule has 0 atom stereocenters. The molecule has 36 heavy (non-hydrogen) atoms. The second-order valence-corrected chi connectivity index (χ2v) is 11.5. The Balaban J connectivity index is 1.40. The molecule has 0 N–H and O–H groups in total. The number of nitrogens with zero attached hydrogens (tertiary/aromatic N) is 5. The number of hydrogen-bond donors (Lipinski definition) is 0.